The Labute approximate surface area is 182 Å². The number of benzene rings is 3. The molecule has 0 N–H and O–H groups in total. The van der Waals surface area contributed by atoms with E-state index in [1.807, 2.05) is 24.3 Å². The zero-order chi connectivity index (χ0) is 22.7. The first-order valence-corrected chi connectivity index (χ1v) is 9.69. The molecule has 4 aromatic rings. The van der Waals surface area contributed by atoms with Crippen LogP contribution in [0.4, 0.5) is 13.2 Å². The van der Waals surface area contributed by atoms with Gasteiger partial charge in [0.2, 0.25) is 11.6 Å². The number of carbonyl (C=O) groups excluding carboxylic acids is 1. The maximum Gasteiger partial charge on any atom is 0.416 e. The fourth-order valence-corrected chi connectivity index (χ4v) is 3.18. The summed E-state index contributed by atoms with van der Waals surface area (Å²) in [4.78, 5) is 12.4. The molecule has 8 heteroatoms. The summed E-state index contributed by atoms with van der Waals surface area (Å²) in [5, 5.41) is 7.53. The van der Waals surface area contributed by atoms with Crippen LogP contribution in [0.5, 0.6) is 5.75 Å². The van der Waals surface area contributed by atoms with Crippen LogP contribution >= 0.6 is 0 Å². The van der Waals surface area contributed by atoms with Gasteiger partial charge in [0.05, 0.1) is 5.56 Å². The van der Waals surface area contributed by atoms with E-state index in [0.717, 1.165) is 23.3 Å². The Hall–Kier alpha value is -3.94. The Balaban J connectivity index is 1.42. The highest BCUT2D eigenvalue weighted by molar-refractivity contribution is 6.06. The third-order valence-corrected chi connectivity index (χ3v) is 4.91. The molecule has 0 saturated heterocycles. The summed E-state index contributed by atoms with van der Waals surface area (Å²) in [6.07, 6.45) is -2.90. The van der Waals surface area contributed by atoms with Gasteiger partial charge in [-0.3, -0.25) is 4.79 Å². The molecule has 0 bridgehead atoms. The predicted octanol–water partition coefficient (Wildman–Crippen LogP) is 5.31. The van der Waals surface area contributed by atoms with Gasteiger partial charge in [-0.1, -0.05) is 30.3 Å². The van der Waals surface area contributed by atoms with Gasteiger partial charge in [0.25, 0.3) is 0 Å². The van der Waals surface area contributed by atoms with Crippen molar-refractivity contribution in [3.8, 4) is 16.9 Å². The first-order valence-electron chi connectivity index (χ1n) is 9.69. The lowest BCUT2D eigenvalue weighted by Crippen LogP contribution is -2.08. The number of nitrogens with zero attached hydrogens (tertiary/aromatic N) is 3. The molecule has 4 rings (SSSR count). The minimum absolute atomic E-state index is 0.235. The summed E-state index contributed by atoms with van der Waals surface area (Å²) in [6, 6.07) is 19.2. The van der Waals surface area contributed by atoms with E-state index in [-0.39, 0.29) is 18.2 Å². The van der Waals surface area contributed by atoms with E-state index in [1.165, 1.54) is 18.5 Å². The van der Waals surface area contributed by atoms with Crippen molar-refractivity contribution in [3.63, 3.8) is 0 Å². The minimum atomic E-state index is -4.36. The monoisotopic (exact) mass is 437 g/mol. The maximum absolute atomic E-state index is 12.8. The van der Waals surface area contributed by atoms with Crippen LogP contribution < -0.4 is 4.74 Å². The van der Waals surface area contributed by atoms with Crippen molar-refractivity contribution in [1.29, 1.82) is 0 Å². The van der Waals surface area contributed by atoms with Crippen LogP contribution in [-0.4, -0.2) is 20.5 Å². The Morgan fingerprint density at radius 2 is 1.69 bits per heavy atom. The number of aromatic nitrogens is 3. The van der Waals surface area contributed by atoms with Crippen LogP contribution in [0, 0.1) is 0 Å². The third kappa shape index (κ3) is 4.69. The second-order valence-corrected chi connectivity index (χ2v) is 7.18. The lowest BCUT2D eigenvalue weighted by Gasteiger charge is -2.10. The van der Waals surface area contributed by atoms with Crippen molar-refractivity contribution < 1.29 is 22.7 Å². The predicted molar refractivity (Wildman–Crippen MR) is 112 cm³/mol. The van der Waals surface area contributed by atoms with Crippen molar-refractivity contribution in [3.05, 3.63) is 102 Å². The van der Waals surface area contributed by atoms with Gasteiger partial charge in [-0.25, -0.2) is 0 Å². The average Bonchev–Trinajstić information content (AvgIpc) is 3.23. The Kier molecular flexibility index (Phi) is 5.77. The first kappa shape index (κ1) is 21.3. The summed E-state index contributed by atoms with van der Waals surface area (Å²) in [5.74, 6) is 0.596. The summed E-state index contributed by atoms with van der Waals surface area (Å²) in [5.41, 5.74) is 2.14. The molecule has 0 atom stereocenters. The molecule has 0 aliphatic heterocycles. The van der Waals surface area contributed by atoms with Gasteiger partial charge >= 0.3 is 6.18 Å². The zero-order valence-electron chi connectivity index (χ0n) is 17.0. The van der Waals surface area contributed by atoms with Crippen molar-refractivity contribution >= 4 is 5.78 Å². The number of ketones is 1. The van der Waals surface area contributed by atoms with Crippen LogP contribution in [0.25, 0.3) is 11.1 Å². The van der Waals surface area contributed by atoms with Crippen LogP contribution in [0.15, 0.2) is 79.1 Å². The number of alkyl halides is 3. The molecule has 32 heavy (non-hydrogen) atoms. The molecular weight excluding hydrogens is 419 g/mol. The van der Waals surface area contributed by atoms with Crippen molar-refractivity contribution in [2.45, 2.75) is 12.8 Å². The highest BCUT2D eigenvalue weighted by Crippen LogP contribution is 2.31. The number of aryl methyl sites for hydroxylation is 1. The van der Waals surface area contributed by atoms with Gasteiger partial charge < -0.3 is 9.30 Å². The van der Waals surface area contributed by atoms with Crippen LogP contribution in [-0.2, 0) is 19.8 Å². The highest BCUT2D eigenvalue weighted by atomic mass is 19.4. The Bertz CT molecular complexity index is 1230. The molecule has 5 nitrogen and oxygen atoms in total. The molecule has 0 spiro atoms. The summed E-state index contributed by atoms with van der Waals surface area (Å²) < 4.78 is 45.6. The molecule has 1 aromatic heterocycles. The quantitative estimate of drug-likeness (QED) is 0.384. The molecule has 0 aliphatic carbocycles. The number of carbonyl (C=O) groups is 1. The average molecular weight is 437 g/mol. The molecule has 0 saturated carbocycles. The molecule has 0 radical (unpaired) electrons. The van der Waals surface area contributed by atoms with E-state index >= 15 is 0 Å². The first-order chi connectivity index (χ1) is 15.3. The maximum atomic E-state index is 12.8. The highest BCUT2D eigenvalue weighted by Gasteiger charge is 2.29. The number of rotatable bonds is 6. The SMILES string of the molecule is Cn1cnnc1C(=O)c1ccc(OCc2cccc(-c3ccc(C(F)(F)F)cc3)c2)cc1. The van der Waals surface area contributed by atoms with Gasteiger partial charge in [-0.05, 0) is 59.2 Å². The van der Waals surface area contributed by atoms with E-state index in [2.05, 4.69) is 10.2 Å². The Morgan fingerprint density at radius 3 is 2.31 bits per heavy atom. The molecule has 3 aromatic carbocycles. The van der Waals surface area contributed by atoms with Gasteiger partial charge in [0.15, 0.2) is 0 Å². The molecule has 162 valence electrons. The van der Waals surface area contributed by atoms with E-state index in [0.29, 0.717) is 16.9 Å². The minimum Gasteiger partial charge on any atom is -0.489 e. The zero-order valence-corrected chi connectivity index (χ0v) is 17.0. The summed E-state index contributed by atoms with van der Waals surface area (Å²) in [7, 11) is 1.70. The standard InChI is InChI=1S/C24H18F3N3O2/c1-30-15-28-29-23(30)22(31)18-7-11-21(12-8-18)32-14-16-3-2-4-19(13-16)17-5-9-20(10-6-17)24(25,26)27/h2-13,15H,14H2,1H3. The van der Waals surface area contributed by atoms with Gasteiger partial charge in [0.1, 0.15) is 18.7 Å². The van der Waals surface area contributed by atoms with Crippen LogP contribution in [0.3, 0.4) is 0 Å². The second kappa shape index (κ2) is 8.66. The normalized spacial score (nSPS) is 11.4. The number of ether oxygens (including phenoxy) is 1. The third-order valence-electron chi connectivity index (χ3n) is 4.91. The van der Waals surface area contributed by atoms with Gasteiger partial charge in [-0.15, -0.1) is 10.2 Å². The van der Waals surface area contributed by atoms with Gasteiger partial charge in [0, 0.05) is 12.6 Å². The van der Waals surface area contributed by atoms with Crippen molar-refractivity contribution in [1.82, 2.24) is 14.8 Å². The van der Waals surface area contributed by atoms with Gasteiger partial charge in [-0.2, -0.15) is 13.2 Å². The molecule has 0 unspecified atom stereocenters. The molecule has 1 heterocycles. The number of halogens is 3. The topological polar surface area (TPSA) is 57.0 Å². The van der Waals surface area contributed by atoms with Crippen molar-refractivity contribution in [2.24, 2.45) is 7.05 Å². The lowest BCUT2D eigenvalue weighted by molar-refractivity contribution is -0.137. The van der Waals surface area contributed by atoms with E-state index < -0.39 is 11.7 Å². The lowest BCUT2D eigenvalue weighted by atomic mass is 10.0. The largest absolute Gasteiger partial charge is 0.489 e. The second-order valence-electron chi connectivity index (χ2n) is 7.18. The molecule has 0 amide bonds. The summed E-state index contributed by atoms with van der Waals surface area (Å²) in [6.45, 7) is 0.269. The fourth-order valence-electron chi connectivity index (χ4n) is 3.18. The molecular formula is C24H18F3N3O2. The fraction of sp³-hybridized carbons (Fsp3) is 0.125. The van der Waals surface area contributed by atoms with E-state index in [4.69, 9.17) is 4.74 Å². The number of hydrogen-bond acceptors (Lipinski definition) is 4. The molecule has 0 aliphatic rings. The van der Waals surface area contributed by atoms with E-state index in [1.54, 1.807) is 35.9 Å². The smallest absolute Gasteiger partial charge is 0.416 e. The summed E-state index contributed by atoms with van der Waals surface area (Å²) >= 11 is 0. The van der Waals surface area contributed by atoms with Crippen LogP contribution in [0.1, 0.15) is 27.3 Å². The van der Waals surface area contributed by atoms with Crippen LogP contribution in [0.2, 0.25) is 0 Å². The Morgan fingerprint density at radius 1 is 0.969 bits per heavy atom. The number of hydrogen-bond donors (Lipinski definition) is 0. The van der Waals surface area contributed by atoms with Crippen molar-refractivity contribution in [2.75, 3.05) is 0 Å². The van der Waals surface area contributed by atoms with E-state index in [9.17, 15) is 18.0 Å². The molecule has 0 fully saturated rings.